The third kappa shape index (κ3) is 2.99. The highest BCUT2D eigenvalue weighted by atomic mass is 35.5. The molecule has 1 saturated heterocycles. The third-order valence-electron chi connectivity index (χ3n) is 3.39. The minimum Gasteiger partial charge on any atom is -0.335 e. The van der Waals surface area contributed by atoms with E-state index in [4.69, 9.17) is 11.6 Å². The average Bonchev–Trinajstić information content (AvgIpc) is 2.59. The fourth-order valence-electron chi connectivity index (χ4n) is 2.23. The topological polar surface area (TPSA) is 46.1 Å². The lowest BCUT2D eigenvalue weighted by Gasteiger charge is -2.17. The highest BCUT2D eigenvalue weighted by Crippen LogP contribution is 2.25. The van der Waals surface area contributed by atoms with E-state index in [0.717, 1.165) is 12.2 Å². The van der Waals surface area contributed by atoms with Gasteiger partial charge < -0.3 is 4.90 Å². The molecule has 1 amide bonds. The van der Waals surface area contributed by atoms with Crippen molar-refractivity contribution in [3.05, 3.63) is 22.7 Å². The molecule has 0 aliphatic carbocycles. The van der Waals surface area contributed by atoms with Crippen LogP contribution < -0.4 is 0 Å². The van der Waals surface area contributed by atoms with E-state index in [0.29, 0.717) is 35.8 Å². The van der Waals surface area contributed by atoms with Gasteiger partial charge in [-0.1, -0.05) is 25.4 Å². The van der Waals surface area contributed by atoms with Crippen molar-refractivity contribution in [1.29, 1.82) is 0 Å². The molecule has 1 aliphatic heterocycles. The second-order valence-electron chi connectivity index (χ2n) is 5.23. The molecule has 0 bridgehead atoms. The SMILES string of the molecule is Cc1cc(Cl)nc(CN2CC(C(C)C)CC2=O)n1. The van der Waals surface area contributed by atoms with Crippen molar-refractivity contribution >= 4 is 17.5 Å². The summed E-state index contributed by atoms with van der Waals surface area (Å²) in [5.74, 6) is 1.78. The molecule has 1 unspecified atom stereocenters. The molecule has 5 heteroatoms. The lowest BCUT2D eigenvalue weighted by atomic mass is 9.95. The van der Waals surface area contributed by atoms with Crippen molar-refractivity contribution in [3.63, 3.8) is 0 Å². The van der Waals surface area contributed by atoms with Gasteiger partial charge in [-0.2, -0.15) is 0 Å². The quantitative estimate of drug-likeness (QED) is 0.791. The van der Waals surface area contributed by atoms with Gasteiger partial charge >= 0.3 is 0 Å². The molecule has 1 atom stereocenters. The number of nitrogens with zero attached hydrogens (tertiary/aromatic N) is 3. The zero-order valence-corrected chi connectivity index (χ0v) is 11.7. The van der Waals surface area contributed by atoms with E-state index in [1.807, 2.05) is 11.8 Å². The lowest BCUT2D eigenvalue weighted by Crippen LogP contribution is -2.26. The van der Waals surface area contributed by atoms with Crippen LogP contribution in [0.5, 0.6) is 0 Å². The van der Waals surface area contributed by atoms with E-state index in [9.17, 15) is 4.79 Å². The number of hydrogen-bond acceptors (Lipinski definition) is 3. The van der Waals surface area contributed by atoms with Gasteiger partial charge in [0.1, 0.15) is 11.0 Å². The first kappa shape index (κ1) is 13.3. The van der Waals surface area contributed by atoms with Crippen LogP contribution in [0.3, 0.4) is 0 Å². The number of likely N-dealkylation sites (tertiary alicyclic amines) is 1. The Morgan fingerprint density at radius 2 is 2.22 bits per heavy atom. The first-order valence-electron chi connectivity index (χ1n) is 6.23. The molecule has 1 fully saturated rings. The number of aryl methyl sites for hydroxylation is 1. The van der Waals surface area contributed by atoms with Gasteiger partial charge in [-0.05, 0) is 24.8 Å². The van der Waals surface area contributed by atoms with Crippen molar-refractivity contribution < 1.29 is 4.79 Å². The Bertz CT molecular complexity index is 441. The molecule has 0 saturated carbocycles. The van der Waals surface area contributed by atoms with Gasteiger partial charge in [0.15, 0.2) is 0 Å². The highest BCUT2D eigenvalue weighted by molar-refractivity contribution is 6.29. The number of aromatic nitrogens is 2. The second-order valence-corrected chi connectivity index (χ2v) is 5.62. The Balaban J connectivity index is 2.08. The van der Waals surface area contributed by atoms with Crippen LogP contribution in [-0.2, 0) is 11.3 Å². The number of amides is 1. The second kappa shape index (κ2) is 5.22. The first-order chi connectivity index (χ1) is 8.45. The number of halogens is 1. The van der Waals surface area contributed by atoms with E-state index in [2.05, 4.69) is 23.8 Å². The van der Waals surface area contributed by atoms with Crippen LogP contribution in [-0.4, -0.2) is 27.3 Å². The fraction of sp³-hybridized carbons (Fsp3) is 0.615. The summed E-state index contributed by atoms with van der Waals surface area (Å²) in [6.07, 6.45) is 0.636. The van der Waals surface area contributed by atoms with Gasteiger partial charge in [-0.3, -0.25) is 4.79 Å². The Labute approximate surface area is 112 Å². The van der Waals surface area contributed by atoms with E-state index < -0.39 is 0 Å². The van der Waals surface area contributed by atoms with Crippen molar-refractivity contribution in [2.45, 2.75) is 33.7 Å². The predicted molar refractivity (Wildman–Crippen MR) is 70.1 cm³/mol. The number of carbonyl (C=O) groups is 1. The summed E-state index contributed by atoms with van der Waals surface area (Å²) in [5.41, 5.74) is 0.831. The maximum absolute atomic E-state index is 11.9. The van der Waals surface area contributed by atoms with Crippen LogP contribution in [0.4, 0.5) is 0 Å². The van der Waals surface area contributed by atoms with Gasteiger partial charge in [0.2, 0.25) is 5.91 Å². The van der Waals surface area contributed by atoms with E-state index >= 15 is 0 Å². The zero-order valence-electron chi connectivity index (χ0n) is 11.0. The maximum atomic E-state index is 11.9. The molecule has 0 aromatic carbocycles. The monoisotopic (exact) mass is 267 g/mol. The summed E-state index contributed by atoms with van der Waals surface area (Å²) in [6, 6.07) is 1.72. The summed E-state index contributed by atoms with van der Waals surface area (Å²) in [6.45, 7) is 7.44. The molecule has 0 radical (unpaired) electrons. The molecule has 1 aromatic heterocycles. The van der Waals surface area contributed by atoms with Crippen molar-refractivity contribution in [2.24, 2.45) is 11.8 Å². The van der Waals surface area contributed by atoms with Crippen molar-refractivity contribution in [2.75, 3.05) is 6.54 Å². The van der Waals surface area contributed by atoms with Gasteiger partial charge in [0.25, 0.3) is 0 Å². The molecule has 2 heterocycles. The minimum absolute atomic E-state index is 0.190. The summed E-state index contributed by atoms with van der Waals surface area (Å²) >= 11 is 5.90. The van der Waals surface area contributed by atoms with Crippen LogP contribution in [0.15, 0.2) is 6.07 Å². The maximum Gasteiger partial charge on any atom is 0.223 e. The van der Waals surface area contributed by atoms with Crippen molar-refractivity contribution in [1.82, 2.24) is 14.9 Å². The predicted octanol–water partition coefficient (Wildman–Crippen LogP) is 2.44. The summed E-state index contributed by atoms with van der Waals surface area (Å²) < 4.78 is 0. The number of hydrogen-bond donors (Lipinski definition) is 0. The Kier molecular flexibility index (Phi) is 3.85. The molecule has 2 rings (SSSR count). The van der Waals surface area contributed by atoms with Crippen LogP contribution in [0, 0.1) is 18.8 Å². The Morgan fingerprint density at radius 1 is 1.50 bits per heavy atom. The zero-order chi connectivity index (χ0) is 13.3. The molecule has 18 heavy (non-hydrogen) atoms. The largest absolute Gasteiger partial charge is 0.335 e. The van der Waals surface area contributed by atoms with Crippen molar-refractivity contribution in [3.8, 4) is 0 Å². The molecular weight excluding hydrogens is 250 g/mol. The van der Waals surface area contributed by atoms with Crippen LogP contribution in [0.25, 0.3) is 0 Å². The molecule has 1 aromatic rings. The van der Waals surface area contributed by atoms with Gasteiger partial charge in [-0.15, -0.1) is 0 Å². The molecule has 0 N–H and O–H groups in total. The summed E-state index contributed by atoms with van der Waals surface area (Å²) in [5, 5.41) is 0.435. The fourth-order valence-corrected chi connectivity index (χ4v) is 2.49. The molecular formula is C13H18ClN3O. The third-order valence-corrected chi connectivity index (χ3v) is 3.58. The summed E-state index contributed by atoms with van der Waals surface area (Å²) in [4.78, 5) is 22.2. The average molecular weight is 268 g/mol. The van der Waals surface area contributed by atoms with Crippen LogP contribution in [0.1, 0.15) is 31.8 Å². The molecule has 98 valence electrons. The van der Waals surface area contributed by atoms with Crippen LogP contribution in [0.2, 0.25) is 5.15 Å². The molecule has 1 aliphatic rings. The standard InChI is InChI=1S/C13H18ClN3O/c1-8(2)10-5-13(18)17(6-10)7-12-15-9(3)4-11(14)16-12/h4,8,10H,5-7H2,1-3H3. The number of rotatable bonds is 3. The normalized spacial score (nSPS) is 19.9. The lowest BCUT2D eigenvalue weighted by molar-refractivity contribution is -0.128. The van der Waals surface area contributed by atoms with Gasteiger partial charge in [-0.25, -0.2) is 9.97 Å². The molecule has 4 nitrogen and oxygen atoms in total. The number of carbonyl (C=O) groups excluding carboxylic acids is 1. The molecule has 0 spiro atoms. The Morgan fingerprint density at radius 3 is 2.78 bits per heavy atom. The van der Waals surface area contributed by atoms with Gasteiger partial charge in [0, 0.05) is 18.7 Å². The Hall–Kier alpha value is -1.16. The van der Waals surface area contributed by atoms with Gasteiger partial charge in [0.05, 0.1) is 6.54 Å². The van der Waals surface area contributed by atoms with E-state index in [1.165, 1.54) is 0 Å². The summed E-state index contributed by atoms with van der Waals surface area (Å²) in [7, 11) is 0. The van der Waals surface area contributed by atoms with E-state index in [-0.39, 0.29) is 5.91 Å². The minimum atomic E-state index is 0.190. The first-order valence-corrected chi connectivity index (χ1v) is 6.61. The van der Waals surface area contributed by atoms with E-state index in [1.54, 1.807) is 6.07 Å². The highest BCUT2D eigenvalue weighted by Gasteiger charge is 2.31. The van der Waals surface area contributed by atoms with Crippen LogP contribution >= 0.6 is 11.6 Å². The smallest absolute Gasteiger partial charge is 0.223 e.